The van der Waals surface area contributed by atoms with E-state index in [-0.39, 0.29) is 13.0 Å². The van der Waals surface area contributed by atoms with Gasteiger partial charge in [-0.3, -0.25) is 4.79 Å². The van der Waals surface area contributed by atoms with Gasteiger partial charge in [0.2, 0.25) is 0 Å². The molecule has 1 aromatic rings. The van der Waals surface area contributed by atoms with Crippen molar-refractivity contribution in [2.75, 3.05) is 7.05 Å². The normalized spacial score (nSPS) is 20.4. The van der Waals surface area contributed by atoms with Gasteiger partial charge in [0.05, 0.1) is 0 Å². The zero-order valence-electron chi connectivity index (χ0n) is 9.83. The van der Waals surface area contributed by atoms with Crippen molar-refractivity contribution in [3.05, 3.63) is 35.4 Å². The van der Waals surface area contributed by atoms with E-state index >= 15 is 0 Å². The summed E-state index contributed by atoms with van der Waals surface area (Å²) in [7, 11) is -2.48. The molecule has 7 heteroatoms. The topological polar surface area (TPSA) is 86.7 Å². The van der Waals surface area contributed by atoms with Crippen molar-refractivity contribution in [3.63, 3.8) is 0 Å². The second-order valence-electron chi connectivity index (χ2n) is 4.08. The van der Waals surface area contributed by atoms with Gasteiger partial charge in [-0.05, 0) is 11.1 Å². The number of carbonyl (C=O) groups is 1. The third-order valence-corrected chi connectivity index (χ3v) is 4.57. The molecule has 0 saturated heterocycles. The maximum Gasteiger partial charge on any atom is 0.322 e. The number of fused-ring (bicyclic) bond motifs is 1. The van der Waals surface area contributed by atoms with Crippen LogP contribution < -0.4 is 4.72 Å². The van der Waals surface area contributed by atoms with Gasteiger partial charge in [-0.15, -0.1) is 0 Å². The third-order valence-electron chi connectivity index (χ3n) is 3.06. The Balaban J connectivity index is 2.44. The predicted molar refractivity (Wildman–Crippen MR) is 65.1 cm³/mol. The first-order valence-electron chi connectivity index (χ1n) is 5.45. The third kappa shape index (κ3) is 2.24. The lowest BCUT2D eigenvalue weighted by Crippen LogP contribution is -2.51. The molecule has 1 heterocycles. The van der Waals surface area contributed by atoms with E-state index in [1.54, 1.807) is 0 Å². The highest BCUT2D eigenvalue weighted by atomic mass is 32.2. The molecule has 0 unspecified atom stereocenters. The summed E-state index contributed by atoms with van der Waals surface area (Å²) in [6, 6.07) is 6.21. The first-order valence-corrected chi connectivity index (χ1v) is 6.89. The molecule has 0 fully saturated rings. The van der Waals surface area contributed by atoms with Crippen molar-refractivity contribution in [1.82, 2.24) is 9.03 Å². The van der Waals surface area contributed by atoms with Gasteiger partial charge >= 0.3 is 5.97 Å². The molecule has 1 aliphatic rings. The fraction of sp³-hybridized carbons (Fsp3) is 0.364. The number of rotatable bonds is 3. The standard InChI is InChI=1S/C11H14N2O4S/c1-12-18(16,17)13-7-9-5-3-2-4-8(9)6-10(13)11(14)15/h2-5,10,12H,6-7H2,1H3,(H,14,15)/t10-/m1/s1. The molecule has 0 radical (unpaired) electrons. The fourth-order valence-electron chi connectivity index (χ4n) is 2.08. The van der Waals surface area contributed by atoms with Crippen LogP contribution in [0, 0.1) is 0 Å². The van der Waals surface area contributed by atoms with E-state index in [2.05, 4.69) is 4.72 Å². The van der Waals surface area contributed by atoms with E-state index in [1.165, 1.54) is 7.05 Å². The fourth-order valence-corrected chi connectivity index (χ4v) is 3.12. The van der Waals surface area contributed by atoms with Crippen LogP contribution in [-0.2, 0) is 28.0 Å². The van der Waals surface area contributed by atoms with Crippen LogP contribution in [0.5, 0.6) is 0 Å². The highest BCUT2D eigenvalue weighted by molar-refractivity contribution is 7.87. The van der Waals surface area contributed by atoms with Gasteiger partial charge in [-0.1, -0.05) is 24.3 Å². The van der Waals surface area contributed by atoms with E-state index < -0.39 is 22.2 Å². The summed E-state index contributed by atoms with van der Waals surface area (Å²) in [5, 5.41) is 9.16. The Bertz CT molecular complexity index is 570. The quantitative estimate of drug-likeness (QED) is 0.807. The molecule has 1 aromatic carbocycles. The number of carboxylic acid groups (broad SMARTS) is 1. The Kier molecular flexibility index (Phi) is 3.38. The molecule has 1 aliphatic heterocycles. The maximum atomic E-state index is 11.8. The van der Waals surface area contributed by atoms with Crippen LogP contribution in [0.3, 0.4) is 0 Å². The zero-order chi connectivity index (χ0) is 13.3. The molecule has 0 aromatic heterocycles. The van der Waals surface area contributed by atoms with Gasteiger partial charge in [-0.2, -0.15) is 12.7 Å². The van der Waals surface area contributed by atoms with E-state index in [4.69, 9.17) is 5.11 Å². The van der Waals surface area contributed by atoms with Crippen molar-refractivity contribution in [2.24, 2.45) is 0 Å². The first-order chi connectivity index (χ1) is 8.45. The van der Waals surface area contributed by atoms with Crippen molar-refractivity contribution < 1.29 is 18.3 Å². The van der Waals surface area contributed by atoms with Crippen LogP contribution >= 0.6 is 0 Å². The lowest BCUT2D eigenvalue weighted by Gasteiger charge is -2.32. The number of nitrogens with one attached hydrogen (secondary N) is 1. The summed E-state index contributed by atoms with van der Waals surface area (Å²) in [4.78, 5) is 11.2. The lowest BCUT2D eigenvalue weighted by atomic mass is 9.96. The molecule has 1 atom stereocenters. The van der Waals surface area contributed by atoms with Crippen molar-refractivity contribution in [1.29, 1.82) is 0 Å². The number of benzene rings is 1. The SMILES string of the molecule is CNS(=O)(=O)N1Cc2ccccc2C[C@@H]1C(=O)O. The van der Waals surface area contributed by atoms with Crippen LogP contribution in [0.2, 0.25) is 0 Å². The minimum Gasteiger partial charge on any atom is -0.480 e. The second kappa shape index (κ2) is 4.68. The monoisotopic (exact) mass is 270 g/mol. The lowest BCUT2D eigenvalue weighted by molar-refractivity contribution is -0.141. The molecule has 0 bridgehead atoms. The van der Waals surface area contributed by atoms with Crippen LogP contribution in [0.25, 0.3) is 0 Å². The van der Waals surface area contributed by atoms with Gasteiger partial charge in [0.25, 0.3) is 10.2 Å². The molecule has 18 heavy (non-hydrogen) atoms. The first kappa shape index (κ1) is 13.0. The summed E-state index contributed by atoms with van der Waals surface area (Å²) in [5.41, 5.74) is 1.72. The van der Waals surface area contributed by atoms with Gasteiger partial charge in [0.15, 0.2) is 0 Å². The van der Waals surface area contributed by atoms with Gasteiger partial charge in [-0.25, -0.2) is 4.72 Å². The second-order valence-corrected chi connectivity index (χ2v) is 5.91. The van der Waals surface area contributed by atoms with E-state index in [0.717, 1.165) is 15.4 Å². The molecule has 0 amide bonds. The van der Waals surface area contributed by atoms with Crippen molar-refractivity contribution in [2.45, 2.75) is 19.0 Å². The summed E-state index contributed by atoms with van der Waals surface area (Å²) < 4.78 is 26.8. The van der Waals surface area contributed by atoms with Gasteiger partial charge < -0.3 is 5.11 Å². The molecule has 2 rings (SSSR count). The molecular weight excluding hydrogens is 256 g/mol. The van der Waals surface area contributed by atoms with E-state index in [1.807, 2.05) is 24.3 Å². The van der Waals surface area contributed by atoms with Crippen LogP contribution in [0.1, 0.15) is 11.1 Å². The molecule has 2 N–H and O–H groups in total. The minimum atomic E-state index is -3.76. The van der Waals surface area contributed by atoms with Crippen molar-refractivity contribution >= 4 is 16.2 Å². The Morgan fingerprint density at radius 2 is 2.00 bits per heavy atom. The Labute approximate surface area is 105 Å². The number of aliphatic carboxylic acids is 1. The summed E-state index contributed by atoms with van der Waals surface area (Å²) >= 11 is 0. The van der Waals surface area contributed by atoms with E-state index in [0.29, 0.717) is 0 Å². The molecule has 6 nitrogen and oxygen atoms in total. The Morgan fingerprint density at radius 3 is 2.56 bits per heavy atom. The van der Waals surface area contributed by atoms with Crippen molar-refractivity contribution in [3.8, 4) is 0 Å². The largest absolute Gasteiger partial charge is 0.480 e. The zero-order valence-corrected chi connectivity index (χ0v) is 10.6. The smallest absolute Gasteiger partial charge is 0.322 e. The Hall–Kier alpha value is -1.44. The minimum absolute atomic E-state index is 0.0797. The van der Waals surface area contributed by atoms with Crippen LogP contribution in [0.15, 0.2) is 24.3 Å². The molecular formula is C11H14N2O4S. The number of nitrogens with zero attached hydrogens (tertiary/aromatic N) is 1. The number of hydrogen-bond acceptors (Lipinski definition) is 3. The van der Waals surface area contributed by atoms with Gasteiger partial charge in [0.1, 0.15) is 6.04 Å². The number of carboxylic acids is 1. The predicted octanol–water partition coefficient (Wildman–Crippen LogP) is -0.0379. The summed E-state index contributed by atoms with van der Waals surface area (Å²) in [6.07, 6.45) is 0.187. The van der Waals surface area contributed by atoms with E-state index in [9.17, 15) is 13.2 Å². The average molecular weight is 270 g/mol. The summed E-state index contributed by atoms with van der Waals surface area (Å²) in [6.45, 7) is 0.0797. The highest BCUT2D eigenvalue weighted by Gasteiger charge is 2.38. The Morgan fingerprint density at radius 1 is 1.39 bits per heavy atom. The average Bonchev–Trinajstić information content (AvgIpc) is 2.37. The van der Waals surface area contributed by atoms with Gasteiger partial charge in [0, 0.05) is 20.0 Å². The molecule has 0 spiro atoms. The number of hydrogen-bond donors (Lipinski definition) is 2. The summed E-state index contributed by atoms with van der Waals surface area (Å²) in [5.74, 6) is -1.14. The maximum absolute atomic E-state index is 11.8. The molecule has 0 saturated carbocycles. The molecule has 98 valence electrons. The highest BCUT2D eigenvalue weighted by Crippen LogP contribution is 2.25. The molecule has 0 aliphatic carbocycles. The van der Waals surface area contributed by atoms with Crippen LogP contribution in [-0.4, -0.2) is 36.9 Å². The van der Waals surface area contributed by atoms with Crippen LogP contribution in [0.4, 0.5) is 0 Å².